The molecule has 2 fully saturated rings. The third-order valence-corrected chi connectivity index (χ3v) is 5.31. The van der Waals surface area contributed by atoms with E-state index >= 15 is 0 Å². The molecule has 0 radical (unpaired) electrons. The maximum Gasteiger partial charge on any atom is 0.239 e. The van der Waals surface area contributed by atoms with Crippen LogP contribution in [0, 0.1) is 0 Å². The SMILES string of the molecule is CN(C(=O)[C@@H]1CCCCN1)C1CCN(Cc2ccccc2)CC1.Cl.Cl. The molecular weight excluding hydrogens is 357 g/mol. The Morgan fingerprint density at radius 3 is 2.40 bits per heavy atom. The van der Waals surface area contributed by atoms with Gasteiger partial charge in [0.25, 0.3) is 0 Å². The van der Waals surface area contributed by atoms with E-state index in [-0.39, 0.29) is 30.9 Å². The van der Waals surface area contributed by atoms with Crippen molar-refractivity contribution in [1.29, 1.82) is 0 Å². The lowest BCUT2D eigenvalue weighted by molar-refractivity contribution is -0.135. The van der Waals surface area contributed by atoms with Crippen molar-refractivity contribution in [2.45, 2.75) is 50.7 Å². The molecule has 0 aromatic heterocycles. The second-order valence-corrected chi connectivity index (χ2v) is 6.94. The number of nitrogens with zero attached hydrogens (tertiary/aromatic N) is 2. The fourth-order valence-corrected chi connectivity index (χ4v) is 3.79. The van der Waals surface area contributed by atoms with Crippen molar-refractivity contribution in [1.82, 2.24) is 15.1 Å². The Kier molecular flexibility index (Phi) is 9.80. The predicted octanol–water partition coefficient (Wildman–Crippen LogP) is 3.10. The van der Waals surface area contributed by atoms with Gasteiger partial charge in [-0.25, -0.2) is 0 Å². The molecule has 0 spiro atoms. The fraction of sp³-hybridized carbons (Fsp3) is 0.632. The van der Waals surface area contributed by atoms with Crippen LogP contribution in [0.4, 0.5) is 0 Å². The van der Waals surface area contributed by atoms with Gasteiger partial charge in [0.15, 0.2) is 0 Å². The summed E-state index contributed by atoms with van der Waals surface area (Å²) in [6.07, 6.45) is 5.54. The zero-order valence-corrected chi connectivity index (χ0v) is 16.7. The van der Waals surface area contributed by atoms with Gasteiger partial charge in [-0.15, -0.1) is 24.8 Å². The summed E-state index contributed by atoms with van der Waals surface area (Å²) in [4.78, 5) is 17.1. The molecule has 2 saturated heterocycles. The topological polar surface area (TPSA) is 35.6 Å². The average Bonchev–Trinajstić information content (AvgIpc) is 2.63. The van der Waals surface area contributed by atoms with Crippen molar-refractivity contribution in [3.8, 4) is 0 Å². The lowest BCUT2D eigenvalue weighted by Gasteiger charge is -2.38. The van der Waals surface area contributed by atoms with Gasteiger partial charge in [-0.05, 0) is 37.8 Å². The van der Waals surface area contributed by atoms with Crippen LogP contribution in [-0.4, -0.2) is 54.5 Å². The van der Waals surface area contributed by atoms with E-state index in [0.717, 1.165) is 45.4 Å². The monoisotopic (exact) mass is 387 g/mol. The third kappa shape index (κ3) is 6.14. The van der Waals surface area contributed by atoms with Gasteiger partial charge in [-0.3, -0.25) is 9.69 Å². The summed E-state index contributed by atoms with van der Waals surface area (Å²) in [5.74, 6) is 0.297. The molecule has 1 amide bonds. The third-order valence-electron chi connectivity index (χ3n) is 5.31. The van der Waals surface area contributed by atoms with Crippen molar-refractivity contribution in [2.75, 3.05) is 26.7 Å². The molecule has 6 heteroatoms. The first-order valence-electron chi connectivity index (χ1n) is 9.00. The second kappa shape index (κ2) is 11.0. The molecule has 1 atom stereocenters. The number of likely N-dealkylation sites (N-methyl/N-ethyl adjacent to an activating group) is 1. The van der Waals surface area contributed by atoms with E-state index in [2.05, 4.69) is 40.5 Å². The smallest absolute Gasteiger partial charge is 0.239 e. The van der Waals surface area contributed by atoms with Crippen LogP contribution in [0.25, 0.3) is 0 Å². The average molecular weight is 388 g/mol. The van der Waals surface area contributed by atoms with Gasteiger partial charge in [0.1, 0.15) is 0 Å². The number of hydrogen-bond acceptors (Lipinski definition) is 3. The number of piperidine rings is 2. The maximum atomic E-state index is 12.6. The molecule has 0 unspecified atom stereocenters. The number of carbonyl (C=O) groups excluding carboxylic acids is 1. The molecule has 3 rings (SSSR count). The molecule has 2 aliphatic rings. The summed E-state index contributed by atoms with van der Waals surface area (Å²) in [6, 6.07) is 11.1. The largest absolute Gasteiger partial charge is 0.341 e. The van der Waals surface area contributed by atoms with Crippen LogP contribution in [0.2, 0.25) is 0 Å². The fourth-order valence-electron chi connectivity index (χ4n) is 3.79. The Bertz CT molecular complexity index is 501. The van der Waals surface area contributed by atoms with Gasteiger partial charge in [0.2, 0.25) is 5.91 Å². The highest BCUT2D eigenvalue weighted by atomic mass is 35.5. The summed E-state index contributed by atoms with van der Waals surface area (Å²) >= 11 is 0. The van der Waals surface area contributed by atoms with E-state index in [1.54, 1.807) is 0 Å². The number of rotatable bonds is 4. The van der Waals surface area contributed by atoms with Crippen molar-refractivity contribution in [3.05, 3.63) is 35.9 Å². The summed E-state index contributed by atoms with van der Waals surface area (Å²) in [5, 5.41) is 3.38. The van der Waals surface area contributed by atoms with Crippen molar-refractivity contribution >= 4 is 30.7 Å². The molecule has 1 aromatic carbocycles. The molecule has 2 aliphatic heterocycles. The number of nitrogens with one attached hydrogen (secondary N) is 1. The summed E-state index contributed by atoms with van der Waals surface area (Å²) in [6.45, 7) is 4.17. The number of hydrogen-bond donors (Lipinski definition) is 1. The molecular formula is C19H31Cl2N3O. The number of benzene rings is 1. The minimum absolute atomic E-state index is 0. The first-order valence-corrected chi connectivity index (χ1v) is 9.00. The lowest BCUT2D eigenvalue weighted by atomic mass is 9.99. The van der Waals surface area contributed by atoms with E-state index in [4.69, 9.17) is 0 Å². The van der Waals surface area contributed by atoms with E-state index in [1.807, 2.05) is 11.9 Å². The molecule has 2 heterocycles. The Morgan fingerprint density at radius 2 is 1.80 bits per heavy atom. The summed E-state index contributed by atoms with van der Waals surface area (Å²) in [5.41, 5.74) is 1.38. The molecule has 1 aromatic rings. The van der Waals surface area contributed by atoms with Gasteiger partial charge >= 0.3 is 0 Å². The van der Waals surface area contributed by atoms with Crippen LogP contribution in [-0.2, 0) is 11.3 Å². The number of likely N-dealkylation sites (tertiary alicyclic amines) is 1. The van der Waals surface area contributed by atoms with Crippen LogP contribution >= 0.6 is 24.8 Å². The first-order chi connectivity index (χ1) is 11.2. The van der Waals surface area contributed by atoms with E-state index in [0.29, 0.717) is 11.9 Å². The van der Waals surface area contributed by atoms with Gasteiger partial charge in [-0.2, -0.15) is 0 Å². The minimum atomic E-state index is 0. The van der Waals surface area contributed by atoms with Crippen LogP contribution in [0.15, 0.2) is 30.3 Å². The normalized spacial score (nSPS) is 21.7. The molecule has 4 nitrogen and oxygen atoms in total. The van der Waals surface area contributed by atoms with Gasteiger partial charge in [0.05, 0.1) is 6.04 Å². The van der Waals surface area contributed by atoms with Crippen molar-refractivity contribution in [2.24, 2.45) is 0 Å². The number of amides is 1. The van der Waals surface area contributed by atoms with E-state index in [9.17, 15) is 4.79 Å². The molecule has 0 saturated carbocycles. The highest BCUT2D eigenvalue weighted by Gasteiger charge is 2.30. The quantitative estimate of drug-likeness (QED) is 0.861. The van der Waals surface area contributed by atoms with Crippen molar-refractivity contribution in [3.63, 3.8) is 0 Å². The van der Waals surface area contributed by atoms with E-state index < -0.39 is 0 Å². The summed E-state index contributed by atoms with van der Waals surface area (Å²) in [7, 11) is 2.00. The second-order valence-electron chi connectivity index (χ2n) is 6.94. The van der Waals surface area contributed by atoms with Gasteiger partial charge < -0.3 is 10.2 Å². The first kappa shape index (κ1) is 22.2. The lowest BCUT2D eigenvalue weighted by Crippen LogP contribution is -2.52. The Labute approximate surface area is 164 Å². The van der Waals surface area contributed by atoms with Crippen molar-refractivity contribution < 1.29 is 4.79 Å². The Balaban J connectivity index is 0.00000156. The van der Waals surface area contributed by atoms with Gasteiger partial charge in [-0.1, -0.05) is 36.8 Å². The molecule has 25 heavy (non-hydrogen) atoms. The summed E-state index contributed by atoms with van der Waals surface area (Å²) < 4.78 is 0. The van der Waals surface area contributed by atoms with E-state index in [1.165, 1.54) is 18.4 Å². The molecule has 0 bridgehead atoms. The number of carbonyl (C=O) groups is 1. The highest BCUT2D eigenvalue weighted by Crippen LogP contribution is 2.19. The number of halogens is 2. The van der Waals surface area contributed by atoms with Crippen LogP contribution in [0.1, 0.15) is 37.7 Å². The Morgan fingerprint density at radius 1 is 1.12 bits per heavy atom. The van der Waals surface area contributed by atoms with Crippen LogP contribution < -0.4 is 5.32 Å². The standard InChI is InChI=1S/C19H29N3O.2ClH/c1-21(19(23)18-9-5-6-12-20-18)17-10-13-22(14-11-17)15-16-7-3-2-4-8-16;;/h2-4,7-8,17-18,20H,5-6,9-15H2,1H3;2*1H/t18-;;/m0../s1. The molecule has 0 aliphatic carbocycles. The highest BCUT2D eigenvalue weighted by molar-refractivity contribution is 5.85. The maximum absolute atomic E-state index is 12.6. The molecule has 142 valence electrons. The molecule has 1 N–H and O–H groups in total. The van der Waals surface area contributed by atoms with Crippen LogP contribution in [0.5, 0.6) is 0 Å². The minimum Gasteiger partial charge on any atom is -0.341 e. The van der Waals surface area contributed by atoms with Crippen LogP contribution in [0.3, 0.4) is 0 Å². The Hall–Kier alpha value is -0.810. The zero-order valence-electron chi connectivity index (χ0n) is 15.0. The predicted molar refractivity (Wildman–Crippen MR) is 108 cm³/mol. The van der Waals surface area contributed by atoms with Gasteiger partial charge in [0, 0.05) is 32.7 Å². The zero-order chi connectivity index (χ0) is 16.1.